The molecule has 0 radical (unpaired) electrons. The Hall–Kier alpha value is -1.79. The molecule has 1 aliphatic heterocycles. The molecule has 3 N–H and O–H groups in total. The molecule has 1 heterocycles. The number of amides is 3. The van der Waals surface area contributed by atoms with E-state index in [4.69, 9.17) is 0 Å². The molecule has 1 aliphatic rings. The van der Waals surface area contributed by atoms with Gasteiger partial charge in [-0.1, -0.05) is 0 Å². The van der Waals surface area contributed by atoms with Gasteiger partial charge in [0.25, 0.3) is 0 Å². The van der Waals surface area contributed by atoms with E-state index >= 15 is 0 Å². The third-order valence-electron chi connectivity index (χ3n) is 2.45. The number of hydrogen-bond donors (Lipinski definition) is 3. The number of methoxy groups -OCH3 is 1. The zero-order valence-corrected chi connectivity index (χ0v) is 9.75. The fourth-order valence-electron chi connectivity index (χ4n) is 1.55. The Kier molecular flexibility index (Phi) is 5.25. The van der Waals surface area contributed by atoms with Crippen LogP contribution in [0.5, 0.6) is 0 Å². The summed E-state index contributed by atoms with van der Waals surface area (Å²) in [5.74, 6) is -0.577. The van der Waals surface area contributed by atoms with Gasteiger partial charge >= 0.3 is 6.09 Å². The molecule has 0 spiro atoms. The predicted molar refractivity (Wildman–Crippen MR) is 59.2 cm³/mol. The van der Waals surface area contributed by atoms with Gasteiger partial charge in [0.15, 0.2) is 0 Å². The van der Waals surface area contributed by atoms with Crippen LogP contribution in [0.25, 0.3) is 0 Å². The van der Waals surface area contributed by atoms with Crippen molar-refractivity contribution in [2.24, 2.45) is 0 Å². The Bertz CT molecular complexity index is 306. The second kappa shape index (κ2) is 6.72. The second-order valence-corrected chi connectivity index (χ2v) is 3.75. The standard InChI is InChI=1S/C10H17N3O4/c1-17-10(16)12-6-8(14)13-7-4-2-3-5-11-9(7)15/h7H,2-6H2,1H3,(H,11,15)(H,12,16)(H,13,14). The van der Waals surface area contributed by atoms with E-state index in [1.807, 2.05) is 0 Å². The van der Waals surface area contributed by atoms with Gasteiger partial charge < -0.3 is 20.7 Å². The molecule has 7 nitrogen and oxygen atoms in total. The van der Waals surface area contributed by atoms with Gasteiger partial charge in [0.05, 0.1) is 7.11 Å². The average molecular weight is 243 g/mol. The molecule has 0 aromatic carbocycles. The lowest BCUT2D eigenvalue weighted by Crippen LogP contribution is -2.48. The number of carbonyl (C=O) groups excluding carboxylic acids is 3. The number of carbonyl (C=O) groups is 3. The van der Waals surface area contributed by atoms with Crippen molar-refractivity contribution in [3.8, 4) is 0 Å². The van der Waals surface area contributed by atoms with Gasteiger partial charge in [-0.25, -0.2) is 4.79 Å². The van der Waals surface area contributed by atoms with Gasteiger partial charge in [-0.15, -0.1) is 0 Å². The minimum atomic E-state index is -0.675. The van der Waals surface area contributed by atoms with Crippen molar-refractivity contribution >= 4 is 17.9 Å². The molecule has 1 saturated heterocycles. The first-order valence-electron chi connectivity index (χ1n) is 5.52. The zero-order valence-electron chi connectivity index (χ0n) is 9.75. The van der Waals surface area contributed by atoms with Crippen LogP contribution < -0.4 is 16.0 Å². The maximum atomic E-state index is 11.5. The lowest BCUT2D eigenvalue weighted by Gasteiger charge is -2.15. The molecule has 0 aliphatic carbocycles. The molecule has 1 fully saturated rings. The van der Waals surface area contributed by atoms with Crippen molar-refractivity contribution in [1.82, 2.24) is 16.0 Å². The summed E-state index contributed by atoms with van der Waals surface area (Å²) < 4.78 is 4.32. The molecule has 0 aromatic rings. The summed E-state index contributed by atoms with van der Waals surface area (Å²) in [4.78, 5) is 33.7. The van der Waals surface area contributed by atoms with Crippen LogP contribution in [0, 0.1) is 0 Å². The topological polar surface area (TPSA) is 96.5 Å². The lowest BCUT2D eigenvalue weighted by molar-refractivity contribution is -0.128. The van der Waals surface area contributed by atoms with Crippen LogP contribution in [0.1, 0.15) is 19.3 Å². The predicted octanol–water partition coefficient (Wildman–Crippen LogP) is -0.873. The number of alkyl carbamates (subject to hydrolysis) is 1. The van der Waals surface area contributed by atoms with E-state index < -0.39 is 18.0 Å². The summed E-state index contributed by atoms with van der Waals surface area (Å²) in [6.45, 7) is 0.446. The van der Waals surface area contributed by atoms with Crippen LogP contribution in [0.15, 0.2) is 0 Å². The summed E-state index contributed by atoms with van der Waals surface area (Å²) >= 11 is 0. The molecule has 3 amide bonds. The van der Waals surface area contributed by atoms with Gasteiger partial charge in [0.2, 0.25) is 11.8 Å². The van der Waals surface area contributed by atoms with Crippen molar-refractivity contribution in [3.63, 3.8) is 0 Å². The normalized spacial score (nSPS) is 19.8. The Morgan fingerprint density at radius 3 is 2.94 bits per heavy atom. The van der Waals surface area contributed by atoms with Crippen molar-refractivity contribution in [2.75, 3.05) is 20.2 Å². The second-order valence-electron chi connectivity index (χ2n) is 3.75. The minimum absolute atomic E-state index is 0.172. The highest BCUT2D eigenvalue weighted by molar-refractivity contribution is 5.89. The number of hydrogen-bond acceptors (Lipinski definition) is 4. The first-order valence-corrected chi connectivity index (χ1v) is 5.52. The van der Waals surface area contributed by atoms with E-state index in [2.05, 4.69) is 20.7 Å². The number of rotatable bonds is 3. The van der Waals surface area contributed by atoms with E-state index in [9.17, 15) is 14.4 Å². The van der Waals surface area contributed by atoms with Gasteiger partial charge in [-0.2, -0.15) is 0 Å². The summed E-state index contributed by atoms with van der Waals surface area (Å²) in [6.07, 6.45) is 1.74. The molecule has 7 heteroatoms. The lowest BCUT2D eigenvalue weighted by atomic mass is 10.1. The molecule has 0 bridgehead atoms. The SMILES string of the molecule is COC(=O)NCC(=O)NC1CCCCNC1=O. The largest absolute Gasteiger partial charge is 0.453 e. The smallest absolute Gasteiger partial charge is 0.407 e. The maximum absolute atomic E-state index is 11.5. The first kappa shape index (κ1) is 13.3. The molecular weight excluding hydrogens is 226 g/mol. The van der Waals surface area contributed by atoms with Crippen molar-refractivity contribution < 1.29 is 19.1 Å². The van der Waals surface area contributed by atoms with Gasteiger partial charge in [0, 0.05) is 6.54 Å². The van der Waals surface area contributed by atoms with Crippen molar-refractivity contribution in [3.05, 3.63) is 0 Å². The van der Waals surface area contributed by atoms with E-state index in [1.165, 1.54) is 7.11 Å². The van der Waals surface area contributed by atoms with Crippen LogP contribution in [-0.2, 0) is 14.3 Å². The molecule has 1 rings (SSSR count). The van der Waals surface area contributed by atoms with E-state index in [0.29, 0.717) is 13.0 Å². The van der Waals surface area contributed by atoms with Crippen LogP contribution >= 0.6 is 0 Å². The van der Waals surface area contributed by atoms with E-state index in [0.717, 1.165) is 12.8 Å². The Labute approximate surface area is 99.3 Å². The van der Waals surface area contributed by atoms with Gasteiger partial charge in [-0.3, -0.25) is 9.59 Å². The van der Waals surface area contributed by atoms with Gasteiger partial charge in [-0.05, 0) is 19.3 Å². The van der Waals surface area contributed by atoms with Crippen LogP contribution in [0.2, 0.25) is 0 Å². The highest BCUT2D eigenvalue weighted by Crippen LogP contribution is 2.04. The van der Waals surface area contributed by atoms with Crippen LogP contribution in [0.4, 0.5) is 4.79 Å². The van der Waals surface area contributed by atoms with Crippen LogP contribution in [0.3, 0.4) is 0 Å². The van der Waals surface area contributed by atoms with E-state index in [-0.39, 0.29) is 12.5 Å². The molecule has 0 saturated carbocycles. The zero-order chi connectivity index (χ0) is 12.7. The molecule has 96 valence electrons. The number of ether oxygens (including phenoxy) is 1. The Morgan fingerprint density at radius 1 is 1.47 bits per heavy atom. The van der Waals surface area contributed by atoms with Crippen molar-refractivity contribution in [2.45, 2.75) is 25.3 Å². The maximum Gasteiger partial charge on any atom is 0.407 e. The average Bonchev–Trinajstić information content (AvgIpc) is 2.52. The van der Waals surface area contributed by atoms with Crippen molar-refractivity contribution in [1.29, 1.82) is 0 Å². The van der Waals surface area contributed by atoms with Gasteiger partial charge in [0.1, 0.15) is 12.6 Å². The molecule has 17 heavy (non-hydrogen) atoms. The molecular formula is C10H17N3O4. The summed E-state index contributed by atoms with van der Waals surface area (Å²) in [6, 6.07) is -0.510. The quantitative estimate of drug-likeness (QED) is 0.600. The minimum Gasteiger partial charge on any atom is -0.453 e. The number of nitrogens with one attached hydrogen (secondary N) is 3. The van der Waals surface area contributed by atoms with Crippen LogP contribution in [-0.4, -0.2) is 44.1 Å². The first-order chi connectivity index (χ1) is 8.13. The highest BCUT2D eigenvalue weighted by atomic mass is 16.5. The molecule has 1 unspecified atom stereocenters. The summed E-state index contributed by atoms with van der Waals surface area (Å²) in [7, 11) is 1.21. The summed E-state index contributed by atoms with van der Waals surface area (Å²) in [5, 5.41) is 7.52. The Balaban J connectivity index is 2.33. The fourth-order valence-corrected chi connectivity index (χ4v) is 1.55. The fraction of sp³-hybridized carbons (Fsp3) is 0.700. The highest BCUT2D eigenvalue weighted by Gasteiger charge is 2.22. The third kappa shape index (κ3) is 4.71. The summed E-state index contributed by atoms with van der Waals surface area (Å²) in [5.41, 5.74) is 0. The molecule has 1 atom stereocenters. The molecule has 0 aromatic heterocycles. The van der Waals surface area contributed by atoms with E-state index in [1.54, 1.807) is 0 Å². The third-order valence-corrected chi connectivity index (χ3v) is 2.45. The monoisotopic (exact) mass is 243 g/mol. The Morgan fingerprint density at radius 2 is 2.24 bits per heavy atom.